The molecule has 0 spiro atoms. The van der Waals surface area contributed by atoms with E-state index < -0.39 is 10.8 Å². The molecule has 1 aliphatic rings. The topological polar surface area (TPSA) is 69.3 Å². The van der Waals surface area contributed by atoms with Crippen LogP contribution < -0.4 is 4.90 Å². The first kappa shape index (κ1) is 21.6. The molecule has 1 aromatic heterocycles. The summed E-state index contributed by atoms with van der Waals surface area (Å²) in [5.41, 5.74) is 4.84. The molecular weight excluding hydrogens is 432 g/mol. The highest BCUT2D eigenvalue weighted by molar-refractivity contribution is 7.84. The zero-order valence-electron chi connectivity index (χ0n) is 18.5. The third-order valence-electron chi connectivity index (χ3n) is 6.10. The van der Waals surface area contributed by atoms with Crippen LogP contribution in [0.1, 0.15) is 21.5 Å². The minimum absolute atomic E-state index is 0.0455. The number of rotatable bonds is 6. The number of nitrogens with one attached hydrogen (secondary N) is 1. The smallest absolute Gasteiger partial charge is 0.197 e. The van der Waals surface area contributed by atoms with Gasteiger partial charge in [-0.25, -0.2) is 4.98 Å². The maximum Gasteiger partial charge on any atom is 0.197 e. The van der Waals surface area contributed by atoms with Crippen LogP contribution in [-0.2, 0) is 16.6 Å². The molecule has 0 amide bonds. The number of likely N-dealkylation sites (N-methyl/N-ethyl adjacent to an activating group) is 1. The van der Waals surface area contributed by atoms with Gasteiger partial charge in [-0.2, -0.15) is 0 Å². The van der Waals surface area contributed by atoms with Crippen molar-refractivity contribution in [3.63, 3.8) is 0 Å². The van der Waals surface area contributed by atoms with Crippen LogP contribution in [0, 0.1) is 0 Å². The van der Waals surface area contributed by atoms with Crippen molar-refractivity contribution in [3.05, 3.63) is 89.5 Å². The van der Waals surface area contributed by atoms with Crippen molar-refractivity contribution in [1.29, 1.82) is 0 Å². The number of carbonyl (C=O) groups excluding carboxylic acids is 1. The molecule has 0 radical (unpaired) electrons. The van der Waals surface area contributed by atoms with E-state index in [2.05, 4.69) is 32.9 Å². The predicted octanol–water partition coefficient (Wildman–Crippen LogP) is 3.85. The van der Waals surface area contributed by atoms with Gasteiger partial charge in [0.1, 0.15) is 0 Å². The summed E-state index contributed by atoms with van der Waals surface area (Å²) in [5.74, 6) is 0.342. The fourth-order valence-corrected chi connectivity index (χ4v) is 5.28. The molecule has 3 aromatic carbocycles. The number of hydrogen-bond acceptors (Lipinski definition) is 5. The number of fused-ring (bicyclic) bond motifs is 1. The average molecular weight is 459 g/mol. The van der Waals surface area contributed by atoms with E-state index >= 15 is 0 Å². The number of imidazole rings is 1. The van der Waals surface area contributed by atoms with E-state index in [1.807, 2.05) is 36.4 Å². The second-order valence-electron chi connectivity index (χ2n) is 8.38. The van der Waals surface area contributed by atoms with Gasteiger partial charge in [0.05, 0.1) is 27.6 Å². The number of benzene rings is 3. The van der Waals surface area contributed by atoms with E-state index in [1.54, 1.807) is 30.3 Å². The summed E-state index contributed by atoms with van der Waals surface area (Å²) in [5, 5.41) is 0.433. The summed E-state index contributed by atoms with van der Waals surface area (Å²) in [7, 11) is 0.807. The van der Waals surface area contributed by atoms with Gasteiger partial charge in [0.25, 0.3) is 0 Å². The standard InChI is InChI=1S/C26H26N4O2S/c1-29-13-15-30(16-14-29)24-10-6-5-9-21(24)18-33(32)26-27-22-12-11-20(17-23(22)28-26)25(31)19-7-3-2-4-8-19/h2-12,17H,13-16,18H2,1H3,(H,27,28). The minimum atomic E-state index is -1.33. The van der Waals surface area contributed by atoms with E-state index in [4.69, 9.17) is 0 Å². The number of para-hydroxylation sites is 1. The number of carbonyl (C=O) groups is 1. The first-order valence-electron chi connectivity index (χ1n) is 11.1. The Bertz CT molecular complexity index is 1310. The van der Waals surface area contributed by atoms with Crippen molar-refractivity contribution in [3.8, 4) is 0 Å². The molecule has 1 unspecified atom stereocenters. The fraction of sp³-hybridized carbons (Fsp3) is 0.231. The van der Waals surface area contributed by atoms with Crippen molar-refractivity contribution in [1.82, 2.24) is 14.9 Å². The second-order valence-corrected chi connectivity index (χ2v) is 9.74. The Hall–Kier alpha value is -3.29. The lowest BCUT2D eigenvalue weighted by molar-refractivity contribution is 0.103. The van der Waals surface area contributed by atoms with Gasteiger partial charge in [-0.15, -0.1) is 0 Å². The quantitative estimate of drug-likeness (QED) is 0.445. The van der Waals surface area contributed by atoms with Crippen LogP contribution >= 0.6 is 0 Å². The van der Waals surface area contributed by atoms with E-state index in [9.17, 15) is 9.00 Å². The number of anilines is 1. The first-order chi connectivity index (χ1) is 16.1. The van der Waals surface area contributed by atoms with Crippen molar-refractivity contribution in [2.24, 2.45) is 0 Å². The molecule has 0 saturated carbocycles. The largest absolute Gasteiger partial charge is 0.369 e. The summed E-state index contributed by atoms with van der Waals surface area (Å²) in [6, 6.07) is 22.7. The molecule has 4 aromatic rings. The zero-order chi connectivity index (χ0) is 22.8. The van der Waals surface area contributed by atoms with Gasteiger partial charge < -0.3 is 14.8 Å². The van der Waals surface area contributed by atoms with Gasteiger partial charge in [-0.05, 0) is 36.9 Å². The van der Waals surface area contributed by atoms with Crippen molar-refractivity contribution < 1.29 is 9.00 Å². The Morgan fingerprint density at radius 2 is 1.67 bits per heavy atom. The zero-order valence-corrected chi connectivity index (χ0v) is 19.3. The predicted molar refractivity (Wildman–Crippen MR) is 132 cm³/mol. The molecule has 168 valence electrons. The molecule has 5 rings (SSSR count). The number of aromatic nitrogens is 2. The molecule has 2 heterocycles. The maximum atomic E-state index is 13.2. The summed E-state index contributed by atoms with van der Waals surface area (Å²) >= 11 is 0. The lowest BCUT2D eigenvalue weighted by Crippen LogP contribution is -2.44. The lowest BCUT2D eigenvalue weighted by atomic mass is 10.0. The molecule has 1 atom stereocenters. The Kier molecular flexibility index (Phi) is 6.07. The van der Waals surface area contributed by atoms with Crippen LogP contribution in [0.5, 0.6) is 0 Å². The molecular formula is C26H26N4O2S. The number of hydrogen-bond donors (Lipinski definition) is 1. The van der Waals surface area contributed by atoms with Crippen molar-refractivity contribution >= 4 is 33.3 Å². The number of ketones is 1. The van der Waals surface area contributed by atoms with Crippen LogP contribution in [0.4, 0.5) is 5.69 Å². The molecule has 33 heavy (non-hydrogen) atoms. The Morgan fingerprint density at radius 3 is 2.45 bits per heavy atom. The highest BCUT2D eigenvalue weighted by atomic mass is 32.2. The van der Waals surface area contributed by atoms with Crippen LogP contribution in [0.2, 0.25) is 0 Å². The van der Waals surface area contributed by atoms with E-state index in [1.165, 1.54) is 0 Å². The highest BCUT2D eigenvalue weighted by Gasteiger charge is 2.19. The van der Waals surface area contributed by atoms with Gasteiger partial charge >= 0.3 is 0 Å². The number of nitrogens with zero attached hydrogens (tertiary/aromatic N) is 3. The van der Waals surface area contributed by atoms with Crippen LogP contribution in [-0.4, -0.2) is 58.1 Å². The van der Waals surface area contributed by atoms with E-state index in [-0.39, 0.29) is 5.78 Å². The fourth-order valence-electron chi connectivity index (χ4n) is 4.19. The number of piperazine rings is 1. The molecule has 1 saturated heterocycles. The minimum Gasteiger partial charge on any atom is -0.369 e. The molecule has 6 nitrogen and oxygen atoms in total. The summed E-state index contributed by atoms with van der Waals surface area (Å²) in [6.45, 7) is 3.96. The molecule has 7 heteroatoms. The number of H-pyrrole nitrogens is 1. The summed E-state index contributed by atoms with van der Waals surface area (Å²) < 4.78 is 13.2. The Balaban J connectivity index is 1.37. The summed E-state index contributed by atoms with van der Waals surface area (Å²) in [6.07, 6.45) is 0. The van der Waals surface area contributed by atoms with Crippen LogP contribution in [0.15, 0.2) is 78.0 Å². The second kappa shape index (κ2) is 9.29. The van der Waals surface area contributed by atoms with Crippen molar-refractivity contribution in [2.75, 3.05) is 38.1 Å². The highest BCUT2D eigenvalue weighted by Crippen LogP contribution is 2.25. The third-order valence-corrected chi connectivity index (χ3v) is 7.29. The van der Waals surface area contributed by atoms with Gasteiger partial charge in [0, 0.05) is 43.0 Å². The Labute approximate surface area is 195 Å². The average Bonchev–Trinajstić information content (AvgIpc) is 3.29. The van der Waals surface area contributed by atoms with Gasteiger partial charge in [0.2, 0.25) is 0 Å². The molecule has 1 fully saturated rings. The van der Waals surface area contributed by atoms with E-state index in [0.29, 0.717) is 33.1 Å². The Morgan fingerprint density at radius 1 is 0.939 bits per heavy atom. The lowest BCUT2D eigenvalue weighted by Gasteiger charge is -2.35. The normalized spacial score (nSPS) is 15.6. The molecule has 1 aliphatic heterocycles. The van der Waals surface area contributed by atoms with E-state index in [0.717, 1.165) is 37.4 Å². The number of aromatic amines is 1. The molecule has 0 bridgehead atoms. The SMILES string of the molecule is CN1CCN(c2ccccc2CS(=O)c2nc3ccc(C(=O)c4ccccc4)cc3[nH]2)CC1. The van der Waals surface area contributed by atoms with Crippen LogP contribution in [0.3, 0.4) is 0 Å². The third kappa shape index (κ3) is 4.60. The first-order valence-corrected chi connectivity index (χ1v) is 12.4. The van der Waals surface area contributed by atoms with Gasteiger partial charge in [-0.3, -0.25) is 9.00 Å². The van der Waals surface area contributed by atoms with Crippen LogP contribution in [0.25, 0.3) is 11.0 Å². The van der Waals surface area contributed by atoms with Crippen molar-refractivity contribution in [2.45, 2.75) is 10.9 Å². The molecule has 1 N–H and O–H groups in total. The molecule has 0 aliphatic carbocycles. The maximum absolute atomic E-state index is 13.2. The van der Waals surface area contributed by atoms with Gasteiger partial charge in [-0.1, -0.05) is 48.5 Å². The summed E-state index contributed by atoms with van der Waals surface area (Å²) in [4.78, 5) is 25.2. The monoisotopic (exact) mass is 458 g/mol. The van der Waals surface area contributed by atoms with Gasteiger partial charge in [0.15, 0.2) is 10.9 Å².